The zero-order valence-corrected chi connectivity index (χ0v) is 9.45. The third-order valence-corrected chi connectivity index (χ3v) is 3.12. The lowest BCUT2D eigenvalue weighted by Crippen LogP contribution is -2.99. The number of aromatic nitrogens is 1. The Labute approximate surface area is 101 Å². The van der Waals surface area contributed by atoms with Crippen molar-refractivity contribution in [3.05, 3.63) is 53.7 Å². The number of nitrogens with zero attached hydrogens (tertiary/aromatic N) is 1. The summed E-state index contributed by atoms with van der Waals surface area (Å²) in [7, 11) is 0. The summed E-state index contributed by atoms with van der Waals surface area (Å²) in [6.45, 7) is 0. The Morgan fingerprint density at radius 2 is 1.94 bits per heavy atom. The second-order valence-electron chi connectivity index (χ2n) is 3.24. The summed E-state index contributed by atoms with van der Waals surface area (Å²) in [4.78, 5) is 5.10. The Morgan fingerprint density at radius 1 is 1.24 bits per heavy atom. The van der Waals surface area contributed by atoms with Crippen LogP contribution in [-0.4, -0.2) is 10.2 Å². The lowest BCUT2D eigenvalue weighted by atomic mass is 10.3. The minimum atomic E-state index is -1.13. The number of hydrogen-bond acceptors (Lipinski definition) is 4. The fraction of sp³-hybridized carbons (Fsp3) is 0. The van der Waals surface area contributed by atoms with E-state index in [0.717, 1.165) is 11.0 Å². The number of quaternary nitrogens is 1. The van der Waals surface area contributed by atoms with Crippen molar-refractivity contribution in [2.24, 2.45) is 0 Å². The van der Waals surface area contributed by atoms with E-state index in [1.54, 1.807) is 24.5 Å². The molecule has 0 fully saturated rings. The monoisotopic (exact) mass is 252 g/mol. The Balaban J connectivity index is 2.23. The van der Waals surface area contributed by atoms with Gasteiger partial charge < -0.3 is 5.21 Å². The van der Waals surface area contributed by atoms with Gasteiger partial charge in [0.15, 0.2) is 5.69 Å². The molecule has 4 nitrogen and oxygen atoms in total. The number of hydrogen-bond donors (Lipinski definition) is 2. The van der Waals surface area contributed by atoms with E-state index >= 15 is 0 Å². The molecule has 0 radical (unpaired) electrons. The number of nitrogens with one attached hydrogen (secondary N) is 1. The predicted octanol–water partition coefficient (Wildman–Crippen LogP) is 1.78. The van der Waals surface area contributed by atoms with Gasteiger partial charge in [0.05, 0.1) is 0 Å². The maximum absolute atomic E-state index is 13.6. The highest BCUT2D eigenvalue weighted by atomic mass is 32.2. The zero-order valence-electron chi connectivity index (χ0n) is 8.63. The number of halogens is 1. The molecule has 0 saturated heterocycles. The van der Waals surface area contributed by atoms with Crippen LogP contribution in [0.25, 0.3) is 0 Å². The lowest BCUT2D eigenvalue weighted by Gasteiger charge is -2.12. The van der Waals surface area contributed by atoms with Gasteiger partial charge in [-0.2, -0.15) is 5.23 Å². The quantitative estimate of drug-likeness (QED) is 0.817. The molecule has 1 atom stereocenters. The topological polar surface area (TPSA) is 60.6 Å². The predicted molar refractivity (Wildman–Crippen MR) is 60.5 cm³/mol. The van der Waals surface area contributed by atoms with Crippen molar-refractivity contribution in [3.8, 4) is 0 Å². The summed E-state index contributed by atoms with van der Waals surface area (Å²) in [6, 6.07) is 7.38. The minimum Gasteiger partial charge on any atom is -0.595 e. The van der Waals surface area contributed by atoms with Gasteiger partial charge in [0.2, 0.25) is 0 Å². The standard InChI is InChI=1S/C11H9FN2O2S/c12-10-7-8(14(15)16)1-2-11(10)17-9-3-5-13-6-4-9/h1-7,14-15H. The number of pyridine rings is 1. The van der Waals surface area contributed by atoms with Crippen molar-refractivity contribution < 1.29 is 14.8 Å². The molecule has 0 bridgehead atoms. The van der Waals surface area contributed by atoms with Crippen LogP contribution < -0.4 is 5.23 Å². The van der Waals surface area contributed by atoms with E-state index < -0.39 is 11.0 Å². The maximum Gasteiger partial charge on any atom is 0.166 e. The van der Waals surface area contributed by atoms with E-state index in [1.165, 1.54) is 23.9 Å². The average molecular weight is 252 g/mol. The van der Waals surface area contributed by atoms with Crippen molar-refractivity contribution in [1.29, 1.82) is 0 Å². The first-order valence-electron chi connectivity index (χ1n) is 4.77. The fourth-order valence-electron chi connectivity index (χ4n) is 1.25. The van der Waals surface area contributed by atoms with Crippen molar-refractivity contribution in [2.45, 2.75) is 9.79 Å². The van der Waals surface area contributed by atoms with Crippen molar-refractivity contribution in [1.82, 2.24) is 4.98 Å². The van der Waals surface area contributed by atoms with Crippen molar-refractivity contribution in [3.63, 3.8) is 0 Å². The Kier molecular flexibility index (Phi) is 3.70. The molecule has 0 aliphatic heterocycles. The second kappa shape index (κ2) is 5.24. The van der Waals surface area contributed by atoms with Crippen LogP contribution in [0.4, 0.5) is 10.1 Å². The maximum atomic E-state index is 13.6. The molecule has 2 aromatic rings. The largest absolute Gasteiger partial charge is 0.595 e. The second-order valence-corrected chi connectivity index (χ2v) is 4.35. The molecule has 1 aromatic carbocycles. The van der Waals surface area contributed by atoms with Crippen LogP contribution in [0, 0.1) is 11.0 Å². The summed E-state index contributed by atoms with van der Waals surface area (Å²) in [5, 5.41) is 18.2. The van der Waals surface area contributed by atoms with Gasteiger partial charge >= 0.3 is 0 Å². The van der Waals surface area contributed by atoms with Gasteiger partial charge in [-0.1, -0.05) is 11.8 Å². The molecule has 0 spiro atoms. The molecule has 0 aliphatic rings. The van der Waals surface area contributed by atoms with E-state index in [2.05, 4.69) is 4.98 Å². The zero-order chi connectivity index (χ0) is 12.3. The van der Waals surface area contributed by atoms with E-state index in [9.17, 15) is 9.60 Å². The molecule has 0 saturated carbocycles. The molecule has 0 amide bonds. The molecule has 0 aliphatic carbocycles. The van der Waals surface area contributed by atoms with E-state index in [-0.39, 0.29) is 5.69 Å². The summed E-state index contributed by atoms with van der Waals surface area (Å²) >= 11 is 1.23. The summed E-state index contributed by atoms with van der Waals surface area (Å²) < 4.78 is 13.6. The fourth-order valence-corrected chi connectivity index (χ4v) is 2.05. The van der Waals surface area contributed by atoms with E-state index in [0.29, 0.717) is 4.90 Å². The first kappa shape index (κ1) is 12.0. The van der Waals surface area contributed by atoms with Crippen LogP contribution in [0.2, 0.25) is 0 Å². The van der Waals surface area contributed by atoms with E-state index in [4.69, 9.17) is 5.21 Å². The molecule has 1 heterocycles. The Morgan fingerprint density at radius 3 is 2.53 bits per heavy atom. The third-order valence-electron chi connectivity index (χ3n) is 2.06. The summed E-state index contributed by atoms with van der Waals surface area (Å²) in [5.41, 5.74) is -0.0541. The number of benzene rings is 1. The van der Waals surface area contributed by atoms with Gasteiger partial charge in [0.25, 0.3) is 0 Å². The van der Waals surface area contributed by atoms with Crippen molar-refractivity contribution >= 4 is 17.4 Å². The van der Waals surface area contributed by atoms with Gasteiger partial charge in [-0.15, -0.1) is 0 Å². The Hall–Kier alpha value is -1.47. The van der Waals surface area contributed by atoms with Crippen LogP contribution in [-0.2, 0) is 0 Å². The van der Waals surface area contributed by atoms with Gasteiger partial charge in [0.1, 0.15) is 5.82 Å². The molecular formula is C11H9FN2O2S. The highest BCUT2D eigenvalue weighted by molar-refractivity contribution is 7.99. The van der Waals surface area contributed by atoms with Gasteiger partial charge in [0, 0.05) is 34.3 Å². The smallest absolute Gasteiger partial charge is 0.166 e. The Bertz CT molecular complexity index is 508. The molecule has 2 N–H and O–H groups in total. The van der Waals surface area contributed by atoms with Crippen LogP contribution in [0.3, 0.4) is 0 Å². The molecule has 1 aromatic heterocycles. The third kappa shape index (κ3) is 3.01. The first-order valence-corrected chi connectivity index (χ1v) is 5.59. The summed E-state index contributed by atoms with van der Waals surface area (Å²) in [5.74, 6) is -0.535. The van der Waals surface area contributed by atoms with Crippen LogP contribution in [0.15, 0.2) is 52.5 Å². The highest BCUT2D eigenvalue weighted by Gasteiger charge is 2.08. The van der Waals surface area contributed by atoms with Gasteiger partial charge in [-0.3, -0.25) is 4.98 Å². The number of rotatable bonds is 3. The van der Waals surface area contributed by atoms with Gasteiger partial charge in [-0.25, -0.2) is 9.60 Å². The average Bonchev–Trinajstić information content (AvgIpc) is 2.33. The molecule has 6 heteroatoms. The normalized spacial score (nSPS) is 12.4. The lowest BCUT2D eigenvalue weighted by molar-refractivity contribution is -0.991. The van der Waals surface area contributed by atoms with E-state index in [1.807, 2.05) is 0 Å². The summed E-state index contributed by atoms with van der Waals surface area (Å²) in [6.07, 6.45) is 3.23. The molecule has 2 rings (SSSR count). The molecular weight excluding hydrogens is 243 g/mol. The van der Waals surface area contributed by atoms with Crippen LogP contribution in [0.5, 0.6) is 0 Å². The van der Waals surface area contributed by atoms with Crippen molar-refractivity contribution in [2.75, 3.05) is 0 Å². The highest BCUT2D eigenvalue weighted by Crippen LogP contribution is 2.29. The van der Waals surface area contributed by atoms with Crippen LogP contribution in [0.1, 0.15) is 0 Å². The van der Waals surface area contributed by atoms with Gasteiger partial charge in [-0.05, 0) is 18.2 Å². The SMILES string of the molecule is [O-][NH+](O)c1ccc(Sc2ccncc2)c(F)c1. The first-order chi connectivity index (χ1) is 8.16. The molecule has 88 valence electrons. The van der Waals surface area contributed by atoms with Crippen LogP contribution >= 0.6 is 11.8 Å². The minimum absolute atomic E-state index is 0.0541. The molecule has 1 unspecified atom stereocenters. The molecule has 17 heavy (non-hydrogen) atoms.